The second kappa shape index (κ2) is 5.48. The average molecular weight is 267 g/mol. The number of hydrogen-bond donors (Lipinski definition) is 2. The van der Waals surface area contributed by atoms with Gasteiger partial charge >= 0.3 is 5.76 Å². The summed E-state index contributed by atoms with van der Waals surface area (Å²) in [5, 5.41) is 8.70. The molecule has 0 bridgehead atoms. The Bertz CT molecular complexity index is 496. The molecule has 0 aliphatic carbocycles. The normalized spacial score (nSPS) is 11.9. The Morgan fingerprint density at radius 1 is 1.41 bits per heavy atom. The second-order valence-corrected chi connectivity index (χ2v) is 5.86. The van der Waals surface area contributed by atoms with Crippen molar-refractivity contribution < 1.29 is 22.5 Å². The summed E-state index contributed by atoms with van der Waals surface area (Å²) < 4.78 is 32.1. The van der Waals surface area contributed by atoms with E-state index in [1.165, 1.54) is 10.8 Å². The number of nitrogens with zero attached hydrogens (tertiary/aromatic N) is 1. The molecule has 0 atom stereocenters. The number of aromatic nitrogens is 1. The molecule has 1 aromatic heterocycles. The van der Waals surface area contributed by atoms with E-state index in [-0.39, 0.29) is 12.1 Å². The first-order valence-electron chi connectivity index (χ1n) is 4.70. The van der Waals surface area contributed by atoms with Gasteiger partial charge in [0.05, 0.1) is 12.5 Å². The third-order valence-corrected chi connectivity index (χ3v) is 1.57. The summed E-state index contributed by atoms with van der Waals surface area (Å²) in [6.07, 6.45) is 2.25. The highest BCUT2D eigenvalue weighted by Gasteiger charge is 2.17. The second-order valence-electron chi connectivity index (χ2n) is 4.40. The van der Waals surface area contributed by atoms with Gasteiger partial charge in [0.25, 0.3) is 10.1 Å². The van der Waals surface area contributed by atoms with Crippen molar-refractivity contribution >= 4 is 10.1 Å². The van der Waals surface area contributed by atoms with E-state index in [0.29, 0.717) is 12.0 Å². The summed E-state index contributed by atoms with van der Waals surface area (Å²) in [4.78, 5) is 11.1. The zero-order valence-corrected chi connectivity index (χ0v) is 11.0. The maximum atomic E-state index is 11.1. The van der Waals surface area contributed by atoms with Gasteiger partial charge in [0.15, 0.2) is 5.76 Å². The Morgan fingerprint density at radius 2 is 1.82 bits per heavy atom. The van der Waals surface area contributed by atoms with Crippen LogP contribution in [0.25, 0.3) is 0 Å². The number of aliphatic hydroxyl groups excluding tert-OH is 1. The molecular weight excluding hydrogens is 250 g/mol. The van der Waals surface area contributed by atoms with Crippen LogP contribution < -0.4 is 5.76 Å². The van der Waals surface area contributed by atoms with Crippen molar-refractivity contribution in [1.29, 1.82) is 0 Å². The van der Waals surface area contributed by atoms with Crippen molar-refractivity contribution in [2.45, 2.75) is 32.9 Å². The number of oxazole rings is 1. The highest BCUT2D eigenvalue weighted by atomic mass is 32.2. The van der Waals surface area contributed by atoms with Crippen LogP contribution in [-0.2, 0) is 22.3 Å². The van der Waals surface area contributed by atoms with Gasteiger partial charge in [-0.15, -0.1) is 0 Å². The van der Waals surface area contributed by atoms with E-state index in [1.807, 2.05) is 20.8 Å². The lowest BCUT2D eigenvalue weighted by atomic mass is 10.1. The highest BCUT2D eigenvalue weighted by molar-refractivity contribution is 7.85. The largest absolute Gasteiger partial charge is 0.419 e. The van der Waals surface area contributed by atoms with Gasteiger partial charge < -0.3 is 9.52 Å². The minimum absolute atomic E-state index is 0.238. The predicted molar refractivity (Wildman–Crippen MR) is 61.4 cm³/mol. The smallest absolute Gasteiger partial charge is 0.410 e. The fourth-order valence-electron chi connectivity index (χ4n) is 0.925. The summed E-state index contributed by atoms with van der Waals surface area (Å²) in [7, 11) is -3.67. The van der Waals surface area contributed by atoms with Crippen molar-refractivity contribution in [2.75, 3.05) is 6.26 Å². The van der Waals surface area contributed by atoms with Gasteiger partial charge in [-0.1, -0.05) is 0 Å². The van der Waals surface area contributed by atoms with Crippen LogP contribution in [0, 0.1) is 0 Å². The van der Waals surface area contributed by atoms with Crippen molar-refractivity contribution in [3.63, 3.8) is 0 Å². The molecule has 0 radical (unpaired) electrons. The molecule has 0 aromatic carbocycles. The van der Waals surface area contributed by atoms with E-state index in [4.69, 9.17) is 14.1 Å². The van der Waals surface area contributed by atoms with Gasteiger partial charge in [-0.2, -0.15) is 8.42 Å². The van der Waals surface area contributed by atoms with Crippen molar-refractivity contribution in [2.24, 2.45) is 0 Å². The molecule has 0 amide bonds. The zero-order chi connectivity index (χ0) is 13.9. The van der Waals surface area contributed by atoms with Crippen molar-refractivity contribution in [3.8, 4) is 0 Å². The van der Waals surface area contributed by atoms with Crippen molar-refractivity contribution in [3.05, 3.63) is 22.5 Å². The number of aliphatic hydroxyl groups is 1. The first-order valence-corrected chi connectivity index (χ1v) is 6.55. The summed E-state index contributed by atoms with van der Waals surface area (Å²) in [5.41, 5.74) is -0.298. The molecule has 1 heterocycles. The Labute approximate surface area is 99.4 Å². The summed E-state index contributed by atoms with van der Waals surface area (Å²) in [5.74, 6) is -0.124. The van der Waals surface area contributed by atoms with Gasteiger partial charge in [-0.25, -0.2) is 4.79 Å². The lowest BCUT2D eigenvalue weighted by Gasteiger charge is -2.17. The van der Waals surface area contributed by atoms with E-state index in [2.05, 4.69) is 0 Å². The molecule has 0 saturated carbocycles. The van der Waals surface area contributed by atoms with Crippen LogP contribution in [-0.4, -0.2) is 28.9 Å². The quantitative estimate of drug-likeness (QED) is 0.703. The topological polar surface area (TPSA) is 110 Å². The van der Waals surface area contributed by atoms with E-state index in [1.54, 1.807) is 0 Å². The minimum Gasteiger partial charge on any atom is -0.410 e. The Morgan fingerprint density at radius 3 is 2.00 bits per heavy atom. The molecule has 0 saturated heterocycles. The van der Waals surface area contributed by atoms with Crippen LogP contribution in [0.5, 0.6) is 0 Å². The van der Waals surface area contributed by atoms with Gasteiger partial charge in [-0.3, -0.25) is 9.12 Å². The molecule has 2 N–H and O–H groups in total. The van der Waals surface area contributed by atoms with Crippen LogP contribution >= 0.6 is 0 Å². The maximum Gasteiger partial charge on any atom is 0.419 e. The van der Waals surface area contributed by atoms with Gasteiger partial charge in [0.2, 0.25) is 0 Å². The molecule has 0 fully saturated rings. The molecule has 0 spiro atoms. The first kappa shape index (κ1) is 15.9. The van der Waals surface area contributed by atoms with Gasteiger partial charge in [0, 0.05) is 5.54 Å². The van der Waals surface area contributed by atoms with E-state index < -0.39 is 15.9 Å². The van der Waals surface area contributed by atoms with E-state index in [0.717, 1.165) is 0 Å². The van der Waals surface area contributed by atoms with Crippen LogP contribution in [0.2, 0.25) is 0 Å². The molecule has 7 nitrogen and oxygen atoms in total. The van der Waals surface area contributed by atoms with Gasteiger partial charge in [-0.05, 0) is 20.8 Å². The van der Waals surface area contributed by atoms with E-state index >= 15 is 0 Å². The Balaban J connectivity index is 0.000000437. The molecule has 0 unspecified atom stereocenters. The molecule has 17 heavy (non-hydrogen) atoms. The van der Waals surface area contributed by atoms with Crippen LogP contribution in [0.1, 0.15) is 26.5 Å². The molecule has 0 aliphatic heterocycles. The summed E-state index contributed by atoms with van der Waals surface area (Å²) >= 11 is 0. The molecular formula is C9H17NO6S. The highest BCUT2D eigenvalue weighted by Crippen LogP contribution is 2.11. The average Bonchev–Trinajstić information content (AvgIpc) is 2.42. The van der Waals surface area contributed by atoms with Gasteiger partial charge in [0.1, 0.15) is 6.61 Å². The monoisotopic (exact) mass is 267 g/mol. The third-order valence-electron chi connectivity index (χ3n) is 1.57. The lowest BCUT2D eigenvalue weighted by Crippen LogP contribution is -2.29. The zero-order valence-electron chi connectivity index (χ0n) is 10.2. The molecule has 8 heteroatoms. The number of rotatable bonds is 1. The molecule has 100 valence electrons. The summed E-state index contributed by atoms with van der Waals surface area (Å²) in [6, 6.07) is 0. The van der Waals surface area contributed by atoms with Crippen LogP contribution in [0.15, 0.2) is 15.4 Å². The standard InChI is InChI=1S/C8H13NO3.CH4O3S/c1-8(2,3)9-4-6(5-10)12-7(9)11;1-5(2,3)4/h4,10H,5H2,1-3H3;1H3,(H,2,3,4). The fourth-order valence-corrected chi connectivity index (χ4v) is 0.925. The third kappa shape index (κ3) is 6.93. The molecule has 1 rings (SSSR count). The van der Waals surface area contributed by atoms with E-state index in [9.17, 15) is 13.2 Å². The maximum absolute atomic E-state index is 11.1. The summed E-state index contributed by atoms with van der Waals surface area (Å²) in [6.45, 7) is 5.44. The van der Waals surface area contributed by atoms with Crippen molar-refractivity contribution in [1.82, 2.24) is 4.57 Å². The first-order chi connectivity index (χ1) is 7.45. The molecule has 0 aliphatic rings. The predicted octanol–water partition coefficient (Wildman–Crippen LogP) is 0.193. The fraction of sp³-hybridized carbons (Fsp3) is 0.667. The Hall–Kier alpha value is -1.12. The Kier molecular flexibility index (Phi) is 5.12. The SMILES string of the molecule is CC(C)(C)n1cc(CO)oc1=O.CS(=O)(=O)O. The van der Waals surface area contributed by atoms with Crippen LogP contribution in [0.4, 0.5) is 0 Å². The minimum atomic E-state index is -3.67. The lowest BCUT2D eigenvalue weighted by molar-refractivity contribution is 0.242. The molecule has 1 aromatic rings. The number of hydrogen-bond acceptors (Lipinski definition) is 5. The van der Waals surface area contributed by atoms with Crippen LogP contribution in [0.3, 0.4) is 0 Å².